The van der Waals surface area contributed by atoms with Crippen LogP contribution in [0.3, 0.4) is 0 Å². The summed E-state index contributed by atoms with van der Waals surface area (Å²) in [5.74, 6) is 0.857. The third kappa shape index (κ3) is 2.40. The number of nitrogens with two attached hydrogens (primary N) is 1. The molecular formula is C11H13Cl2N3OS. The molecule has 0 aliphatic rings. The highest BCUT2D eigenvalue weighted by atomic mass is 35.5. The Kier molecular flexibility index (Phi) is 3.96. The molecule has 0 atom stereocenters. The highest BCUT2D eigenvalue weighted by Gasteiger charge is 2.29. The summed E-state index contributed by atoms with van der Waals surface area (Å²) in [6.07, 6.45) is 1.47. The molecule has 0 amide bonds. The van der Waals surface area contributed by atoms with Crippen LogP contribution in [-0.2, 0) is 5.54 Å². The van der Waals surface area contributed by atoms with Crippen molar-refractivity contribution in [2.45, 2.75) is 32.2 Å². The molecule has 0 aliphatic heterocycles. The SMILES string of the molecule is CCC(N)(CC)c1noc(-c2cc(Cl)sc2Cl)n1. The van der Waals surface area contributed by atoms with Gasteiger partial charge in [0.2, 0.25) is 0 Å². The molecule has 0 aliphatic carbocycles. The average molecular weight is 306 g/mol. The van der Waals surface area contributed by atoms with Crippen LogP contribution in [0.25, 0.3) is 11.5 Å². The van der Waals surface area contributed by atoms with Crippen molar-refractivity contribution >= 4 is 34.5 Å². The van der Waals surface area contributed by atoms with Gasteiger partial charge >= 0.3 is 0 Å². The van der Waals surface area contributed by atoms with Gasteiger partial charge < -0.3 is 10.3 Å². The van der Waals surface area contributed by atoms with E-state index in [1.165, 1.54) is 11.3 Å². The Hall–Kier alpha value is -0.620. The molecule has 2 aromatic heterocycles. The van der Waals surface area contributed by atoms with Crippen LogP contribution in [0.1, 0.15) is 32.5 Å². The molecule has 18 heavy (non-hydrogen) atoms. The lowest BCUT2D eigenvalue weighted by molar-refractivity contribution is 0.350. The maximum atomic E-state index is 6.21. The van der Waals surface area contributed by atoms with Crippen LogP contribution in [0.2, 0.25) is 8.67 Å². The van der Waals surface area contributed by atoms with E-state index in [4.69, 9.17) is 33.5 Å². The molecule has 2 N–H and O–H groups in total. The summed E-state index contributed by atoms with van der Waals surface area (Å²) in [6.45, 7) is 3.99. The van der Waals surface area contributed by atoms with Crippen molar-refractivity contribution in [3.63, 3.8) is 0 Å². The molecular weight excluding hydrogens is 293 g/mol. The third-order valence-corrected chi connectivity index (χ3v) is 4.51. The largest absolute Gasteiger partial charge is 0.334 e. The second-order valence-electron chi connectivity index (χ2n) is 4.02. The van der Waals surface area contributed by atoms with Gasteiger partial charge in [-0.3, -0.25) is 0 Å². The van der Waals surface area contributed by atoms with Gasteiger partial charge in [-0.15, -0.1) is 11.3 Å². The lowest BCUT2D eigenvalue weighted by Gasteiger charge is -2.21. The highest BCUT2D eigenvalue weighted by molar-refractivity contribution is 7.20. The Morgan fingerprint density at radius 1 is 1.39 bits per heavy atom. The number of aromatic nitrogens is 2. The maximum absolute atomic E-state index is 6.21. The topological polar surface area (TPSA) is 64.9 Å². The van der Waals surface area contributed by atoms with E-state index in [-0.39, 0.29) is 0 Å². The molecule has 0 aromatic carbocycles. The second kappa shape index (κ2) is 5.17. The minimum Gasteiger partial charge on any atom is -0.334 e. The summed E-state index contributed by atoms with van der Waals surface area (Å²) < 4.78 is 6.33. The number of nitrogens with zero attached hydrogens (tertiary/aromatic N) is 2. The Labute approximate surface area is 119 Å². The average Bonchev–Trinajstić information content (AvgIpc) is 2.95. The van der Waals surface area contributed by atoms with Crippen LogP contribution in [0.5, 0.6) is 0 Å². The van der Waals surface area contributed by atoms with Gasteiger partial charge in [0.15, 0.2) is 5.82 Å². The van der Waals surface area contributed by atoms with Gasteiger partial charge in [-0.2, -0.15) is 4.98 Å². The van der Waals surface area contributed by atoms with Crippen LogP contribution in [-0.4, -0.2) is 10.1 Å². The van der Waals surface area contributed by atoms with E-state index in [9.17, 15) is 0 Å². The fourth-order valence-electron chi connectivity index (χ4n) is 1.59. The molecule has 98 valence electrons. The van der Waals surface area contributed by atoms with Crippen molar-refractivity contribution in [1.82, 2.24) is 10.1 Å². The molecule has 2 rings (SSSR count). The fraction of sp³-hybridized carbons (Fsp3) is 0.455. The van der Waals surface area contributed by atoms with E-state index in [1.54, 1.807) is 6.07 Å². The molecule has 0 radical (unpaired) electrons. The van der Waals surface area contributed by atoms with Gasteiger partial charge in [0, 0.05) is 0 Å². The first kappa shape index (κ1) is 13.8. The molecule has 0 spiro atoms. The van der Waals surface area contributed by atoms with Gasteiger partial charge in [0.1, 0.15) is 4.34 Å². The number of thiophene rings is 1. The smallest absolute Gasteiger partial charge is 0.260 e. The zero-order chi connectivity index (χ0) is 13.3. The molecule has 2 aromatic rings. The Morgan fingerprint density at radius 3 is 2.56 bits per heavy atom. The first-order valence-corrected chi connectivity index (χ1v) is 7.15. The van der Waals surface area contributed by atoms with Crippen LogP contribution in [0.4, 0.5) is 0 Å². The summed E-state index contributed by atoms with van der Waals surface area (Å²) >= 11 is 13.2. The molecule has 0 saturated heterocycles. The van der Waals surface area contributed by atoms with Crippen molar-refractivity contribution in [2.75, 3.05) is 0 Å². The van der Waals surface area contributed by atoms with Crippen molar-refractivity contribution in [3.8, 4) is 11.5 Å². The maximum Gasteiger partial charge on any atom is 0.260 e. The lowest BCUT2D eigenvalue weighted by atomic mass is 9.93. The molecule has 0 bridgehead atoms. The summed E-state index contributed by atoms with van der Waals surface area (Å²) in [6, 6.07) is 1.71. The first-order chi connectivity index (χ1) is 8.50. The van der Waals surface area contributed by atoms with Crippen LogP contribution < -0.4 is 5.73 Å². The minimum atomic E-state index is -0.561. The molecule has 2 heterocycles. The highest BCUT2D eigenvalue weighted by Crippen LogP contribution is 2.38. The Morgan fingerprint density at radius 2 is 2.06 bits per heavy atom. The van der Waals surface area contributed by atoms with E-state index in [0.29, 0.717) is 26.0 Å². The first-order valence-electron chi connectivity index (χ1n) is 5.58. The van der Waals surface area contributed by atoms with Crippen LogP contribution >= 0.6 is 34.5 Å². The van der Waals surface area contributed by atoms with Crippen LogP contribution in [0.15, 0.2) is 10.6 Å². The van der Waals surface area contributed by atoms with Crippen molar-refractivity contribution in [3.05, 3.63) is 20.6 Å². The van der Waals surface area contributed by atoms with Gasteiger partial charge in [0.05, 0.1) is 15.4 Å². The predicted octanol–water partition coefficient (Wildman–Crippen LogP) is 4.08. The molecule has 4 nitrogen and oxygen atoms in total. The predicted molar refractivity (Wildman–Crippen MR) is 74.1 cm³/mol. The molecule has 0 fully saturated rings. The normalized spacial score (nSPS) is 12.1. The second-order valence-corrected chi connectivity index (χ2v) is 6.31. The van der Waals surface area contributed by atoms with Gasteiger partial charge in [-0.1, -0.05) is 42.2 Å². The molecule has 0 saturated carbocycles. The van der Waals surface area contributed by atoms with Gasteiger partial charge in [0.25, 0.3) is 5.89 Å². The summed E-state index contributed by atoms with van der Waals surface area (Å²) in [7, 11) is 0. The van der Waals surface area contributed by atoms with E-state index in [1.807, 2.05) is 13.8 Å². The van der Waals surface area contributed by atoms with E-state index >= 15 is 0 Å². The van der Waals surface area contributed by atoms with Crippen molar-refractivity contribution in [2.24, 2.45) is 5.73 Å². The van der Waals surface area contributed by atoms with Crippen molar-refractivity contribution in [1.29, 1.82) is 0 Å². The summed E-state index contributed by atoms with van der Waals surface area (Å²) in [5.41, 5.74) is 6.30. The van der Waals surface area contributed by atoms with Crippen LogP contribution in [0, 0.1) is 0 Å². The van der Waals surface area contributed by atoms with E-state index in [2.05, 4.69) is 10.1 Å². The number of halogens is 2. The summed E-state index contributed by atoms with van der Waals surface area (Å²) in [4.78, 5) is 4.33. The van der Waals surface area contributed by atoms with Crippen molar-refractivity contribution < 1.29 is 4.52 Å². The molecule has 0 unspecified atom stereocenters. The van der Waals surface area contributed by atoms with E-state index < -0.39 is 5.54 Å². The minimum absolute atomic E-state index is 0.356. The van der Waals surface area contributed by atoms with E-state index in [0.717, 1.165) is 12.8 Å². The zero-order valence-electron chi connectivity index (χ0n) is 10.0. The summed E-state index contributed by atoms with van der Waals surface area (Å²) in [5, 5.41) is 3.95. The molecule has 7 heteroatoms. The van der Waals surface area contributed by atoms with Gasteiger partial charge in [-0.25, -0.2) is 0 Å². The zero-order valence-corrected chi connectivity index (χ0v) is 12.4. The Balaban J connectivity index is 2.39. The third-order valence-electron chi connectivity index (χ3n) is 3.02. The quantitative estimate of drug-likeness (QED) is 0.924. The monoisotopic (exact) mass is 305 g/mol. The standard InChI is InChI=1S/C11H13Cl2N3OS/c1-3-11(14,4-2)10-15-9(17-16-10)6-5-7(12)18-8(6)13/h5H,3-4,14H2,1-2H3. The van der Waals surface area contributed by atoms with Gasteiger partial charge in [-0.05, 0) is 18.9 Å². The lowest BCUT2D eigenvalue weighted by Crippen LogP contribution is -2.36. The number of hydrogen-bond donors (Lipinski definition) is 1. The Bertz CT molecular complexity index is 548. The number of hydrogen-bond acceptors (Lipinski definition) is 5. The fourth-order valence-corrected chi connectivity index (χ4v) is 3.04. The number of rotatable bonds is 4.